The summed E-state index contributed by atoms with van der Waals surface area (Å²) in [5.41, 5.74) is 0. The van der Waals surface area contributed by atoms with Crippen molar-refractivity contribution in [2.75, 3.05) is 13.1 Å². The molecule has 0 bridgehead atoms. The van der Waals surface area contributed by atoms with E-state index in [1.807, 2.05) is 0 Å². The van der Waals surface area contributed by atoms with E-state index in [0.717, 1.165) is 38.5 Å². The summed E-state index contributed by atoms with van der Waals surface area (Å²) in [7, 11) is -3.57. The maximum absolute atomic E-state index is 12.0. The number of nitrogens with one attached hydrogen (secondary N) is 2. The molecule has 2 N–H and O–H groups in total. The molecule has 19 heavy (non-hydrogen) atoms. The Morgan fingerprint density at radius 2 is 1.21 bits per heavy atom. The Bertz CT molecular complexity index is 420. The third kappa shape index (κ3) is 5.18. The van der Waals surface area contributed by atoms with Crippen molar-refractivity contribution in [1.29, 1.82) is 0 Å². The van der Waals surface area contributed by atoms with Gasteiger partial charge < -0.3 is 0 Å². The van der Waals surface area contributed by atoms with Crippen molar-refractivity contribution in [2.45, 2.75) is 51.4 Å². The van der Waals surface area contributed by atoms with E-state index in [4.69, 9.17) is 0 Å². The van der Waals surface area contributed by atoms with Crippen LogP contribution in [0.4, 0.5) is 0 Å². The van der Waals surface area contributed by atoms with Crippen molar-refractivity contribution >= 4 is 21.9 Å². The molecule has 0 aromatic carbocycles. The van der Waals surface area contributed by atoms with E-state index in [1.165, 1.54) is 0 Å². The molecule has 0 aromatic rings. The van der Waals surface area contributed by atoms with Crippen molar-refractivity contribution in [3.05, 3.63) is 0 Å². The van der Waals surface area contributed by atoms with Crippen LogP contribution in [0.5, 0.6) is 0 Å². The number of aliphatic imine (C=N–C) groups is 2. The van der Waals surface area contributed by atoms with Gasteiger partial charge in [-0.15, -0.1) is 0 Å². The van der Waals surface area contributed by atoms with Crippen LogP contribution in [-0.2, 0) is 10.2 Å². The average Bonchev–Trinajstić information content (AvgIpc) is 2.73. The van der Waals surface area contributed by atoms with E-state index in [1.54, 1.807) is 0 Å². The maximum Gasteiger partial charge on any atom is 0.323 e. The van der Waals surface area contributed by atoms with Crippen molar-refractivity contribution in [2.24, 2.45) is 9.98 Å². The molecule has 0 aliphatic carbocycles. The van der Waals surface area contributed by atoms with Gasteiger partial charge in [-0.2, -0.15) is 8.42 Å². The summed E-state index contributed by atoms with van der Waals surface area (Å²) in [5.74, 6) is 1.14. The minimum atomic E-state index is -3.57. The van der Waals surface area contributed by atoms with Crippen LogP contribution in [0.2, 0.25) is 0 Å². The number of amidine groups is 2. The second kappa shape index (κ2) is 6.88. The largest absolute Gasteiger partial charge is 0.323 e. The van der Waals surface area contributed by atoms with Crippen LogP contribution in [0, 0.1) is 0 Å². The molecule has 7 heteroatoms. The van der Waals surface area contributed by atoms with Gasteiger partial charge in [-0.25, -0.2) is 0 Å². The lowest BCUT2D eigenvalue weighted by Crippen LogP contribution is -2.43. The lowest BCUT2D eigenvalue weighted by molar-refractivity contribution is 0.587. The van der Waals surface area contributed by atoms with E-state index in [2.05, 4.69) is 19.4 Å². The van der Waals surface area contributed by atoms with E-state index < -0.39 is 10.2 Å². The quantitative estimate of drug-likeness (QED) is 0.803. The van der Waals surface area contributed by atoms with Crippen LogP contribution in [0.15, 0.2) is 9.98 Å². The topological polar surface area (TPSA) is 82.9 Å². The SMILES string of the molecule is O=S(=O)(NC1=NCCCCC1)NC1=NCCCCC1. The zero-order chi connectivity index (χ0) is 13.6. The predicted molar refractivity (Wildman–Crippen MR) is 76.7 cm³/mol. The predicted octanol–water partition coefficient (Wildman–Crippen LogP) is 1.36. The van der Waals surface area contributed by atoms with Crippen LogP contribution >= 0.6 is 0 Å². The number of nitrogens with zero attached hydrogens (tertiary/aromatic N) is 2. The zero-order valence-electron chi connectivity index (χ0n) is 11.2. The molecular weight excluding hydrogens is 264 g/mol. The Kier molecular flexibility index (Phi) is 5.18. The highest BCUT2D eigenvalue weighted by Crippen LogP contribution is 2.08. The monoisotopic (exact) mass is 286 g/mol. The highest BCUT2D eigenvalue weighted by atomic mass is 32.2. The van der Waals surface area contributed by atoms with Gasteiger partial charge in [-0.3, -0.25) is 19.4 Å². The normalized spacial score (nSPS) is 21.7. The van der Waals surface area contributed by atoms with Crippen molar-refractivity contribution in [3.63, 3.8) is 0 Å². The van der Waals surface area contributed by atoms with Crippen LogP contribution < -0.4 is 9.44 Å². The first-order valence-corrected chi connectivity index (χ1v) is 8.51. The Hall–Kier alpha value is -1.11. The first-order chi connectivity index (χ1) is 9.16. The van der Waals surface area contributed by atoms with Crippen LogP contribution in [0.1, 0.15) is 51.4 Å². The lowest BCUT2D eigenvalue weighted by atomic mass is 10.2. The molecule has 0 saturated heterocycles. The summed E-state index contributed by atoms with van der Waals surface area (Å²) in [6, 6.07) is 0. The molecule has 2 heterocycles. The highest BCUT2D eigenvalue weighted by molar-refractivity contribution is 7.88. The van der Waals surface area contributed by atoms with Gasteiger partial charge in [-0.1, -0.05) is 12.8 Å². The minimum Gasteiger partial charge on any atom is -0.272 e. The van der Waals surface area contributed by atoms with Crippen molar-refractivity contribution in [3.8, 4) is 0 Å². The van der Waals surface area contributed by atoms with E-state index in [0.29, 0.717) is 37.6 Å². The van der Waals surface area contributed by atoms with Crippen LogP contribution in [-0.4, -0.2) is 33.2 Å². The van der Waals surface area contributed by atoms with Gasteiger partial charge in [0.05, 0.1) is 0 Å². The molecular formula is C12H22N4O2S. The van der Waals surface area contributed by atoms with Gasteiger partial charge >= 0.3 is 10.2 Å². The molecule has 0 fully saturated rings. The van der Waals surface area contributed by atoms with Crippen LogP contribution in [0.3, 0.4) is 0 Å². The molecule has 6 nitrogen and oxygen atoms in total. The summed E-state index contributed by atoms with van der Waals surface area (Å²) in [6.07, 6.45) is 7.66. The van der Waals surface area contributed by atoms with Crippen LogP contribution in [0.25, 0.3) is 0 Å². The van der Waals surface area contributed by atoms with Gasteiger partial charge in [0.1, 0.15) is 11.7 Å². The number of rotatable bonds is 2. The Morgan fingerprint density at radius 3 is 1.68 bits per heavy atom. The Morgan fingerprint density at radius 1 is 0.737 bits per heavy atom. The summed E-state index contributed by atoms with van der Waals surface area (Å²) < 4.78 is 29.1. The summed E-state index contributed by atoms with van der Waals surface area (Å²) in [6.45, 7) is 1.41. The average molecular weight is 286 g/mol. The second-order valence-corrected chi connectivity index (χ2v) is 6.40. The fourth-order valence-electron chi connectivity index (χ4n) is 2.25. The van der Waals surface area contributed by atoms with Gasteiger partial charge in [0, 0.05) is 25.9 Å². The molecule has 0 amide bonds. The minimum absolute atomic E-state index is 0.569. The summed E-state index contributed by atoms with van der Waals surface area (Å²) >= 11 is 0. The molecule has 0 unspecified atom stereocenters. The first-order valence-electron chi connectivity index (χ1n) is 7.03. The molecule has 0 radical (unpaired) electrons. The fraction of sp³-hybridized carbons (Fsp3) is 0.833. The van der Waals surface area contributed by atoms with Crippen molar-refractivity contribution in [1.82, 2.24) is 9.44 Å². The lowest BCUT2D eigenvalue weighted by Gasteiger charge is -2.12. The van der Waals surface area contributed by atoms with Crippen molar-refractivity contribution < 1.29 is 8.42 Å². The fourth-order valence-corrected chi connectivity index (χ4v) is 3.26. The molecule has 0 spiro atoms. The highest BCUT2D eigenvalue weighted by Gasteiger charge is 2.16. The van der Waals surface area contributed by atoms with E-state index in [9.17, 15) is 8.42 Å². The molecule has 108 valence electrons. The third-order valence-corrected chi connectivity index (χ3v) is 4.26. The number of hydrogen-bond donors (Lipinski definition) is 2. The second-order valence-electron chi connectivity index (χ2n) is 4.99. The summed E-state index contributed by atoms with van der Waals surface area (Å²) in [4.78, 5) is 8.53. The standard InChI is InChI=1S/C12H22N4O2S/c17-19(18,15-11-7-3-1-5-9-13-11)16-12-8-4-2-6-10-14-12/h1-10H2,(H,13,15)(H,14,16). The Balaban J connectivity index is 1.93. The molecule has 2 aliphatic rings. The van der Waals surface area contributed by atoms with Gasteiger partial charge in [-0.05, 0) is 25.7 Å². The Labute approximate surface area is 115 Å². The van der Waals surface area contributed by atoms with Gasteiger partial charge in [0.25, 0.3) is 0 Å². The molecule has 2 aliphatic heterocycles. The van der Waals surface area contributed by atoms with Gasteiger partial charge in [0.15, 0.2) is 0 Å². The van der Waals surface area contributed by atoms with E-state index in [-0.39, 0.29) is 0 Å². The first kappa shape index (κ1) is 14.3. The molecule has 0 atom stereocenters. The van der Waals surface area contributed by atoms with E-state index >= 15 is 0 Å². The molecule has 0 aromatic heterocycles. The molecule has 2 rings (SSSR count). The smallest absolute Gasteiger partial charge is 0.272 e. The number of hydrogen-bond acceptors (Lipinski definition) is 4. The van der Waals surface area contributed by atoms with Gasteiger partial charge in [0.2, 0.25) is 0 Å². The summed E-state index contributed by atoms with van der Waals surface area (Å²) in [5, 5.41) is 0. The third-order valence-electron chi connectivity index (χ3n) is 3.25. The zero-order valence-corrected chi connectivity index (χ0v) is 12.0. The maximum atomic E-state index is 12.0. The molecule has 0 saturated carbocycles.